The molecule has 2 saturated carbocycles. The molecule has 0 aromatic rings. The van der Waals surface area contributed by atoms with Crippen LogP contribution in [-0.2, 0) is 0 Å². The first kappa shape index (κ1) is 12.2. The van der Waals surface area contributed by atoms with E-state index in [9.17, 15) is 5.11 Å². The Morgan fingerprint density at radius 2 is 1.75 bits per heavy atom. The van der Waals surface area contributed by atoms with Crippen LogP contribution in [-0.4, -0.2) is 10.7 Å². The van der Waals surface area contributed by atoms with Crippen molar-refractivity contribution < 1.29 is 5.11 Å². The monoisotopic (exact) mass is 222 g/mol. The molecule has 92 valence electrons. The predicted molar refractivity (Wildman–Crippen MR) is 68.2 cm³/mol. The van der Waals surface area contributed by atoms with E-state index in [-0.39, 0.29) is 5.41 Å². The summed E-state index contributed by atoms with van der Waals surface area (Å²) in [6.07, 6.45) is 5.83. The molecule has 0 aliphatic heterocycles. The Labute approximate surface area is 99.9 Å². The first-order valence-electron chi connectivity index (χ1n) is 6.62. The highest BCUT2D eigenvalue weighted by Crippen LogP contribution is 2.61. The van der Waals surface area contributed by atoms with Crippen LogP contribution in [0.1, 0.15) is 59.8 Å². The summed E-state index contributed by atoms with van der Waals surface area (Å²) in [7, 11) is 0. The SMILES string of the molecule is C=C1[C@@](C)(O)CC[C@H]2C(C)(C)CCC[C@]12C. The van der Waals surface area contributed by atoms with Crippen LogP contribution in [0.15, 0.2) is 12.2 Å². The lowest BCUT2D eigenvalue weighted by molar-refractivity contribution is -0.0599. The summed E-state index contributed by atoms with van der Waals surface area (Å²) < 4.78 is 0. The minimum absolute atomic E-state index is 0.156. The van der Waals surface area contributed by atoms with Gasteiger partial charge in [-0.1, -0.05) is 33.8 Å². The van der Waals surface area contributed by atoms with Crippen molar-refractivity contribution in [1.82, 2.24) is 0 Å². The Bertz CT molecular complexity index is 313. The van der Waals surface area contributed by atoms with Crippen LogP contribution in [0.5, 0.6) is 0 Å². The molecule has 2 aliphatic rings. The molecule has 0 aromatic heterocycles. The summed E-state index contributed by atoms with van der Waals surface area (Å²) in [5.41, 5.74) is 1.01. The van der Waals surface area contributed by atoms with Crippen LogP contribution in [0.2, 0.25) is 0 Å². The van der Waals surface area contributed by atoms with Crippen LogP contribution in [0.3, 0.4) is 0 Å². The molecule has 0 saturated heterocycles. The summed E-state index contributed by atoms with van der Waals surface area (Å²) in [5, 5.41) is 10.4. The number of aliphatic hydroxyl groups is 1. The second kappa shape index (κ2) is 3.35. The third kappa shape index (κ3) is 1.55. The van der Waals surface area contributed by atoms with Gasteiger partial charge < -0.3 is 5.11 Å². The highest BCUT2D eigenvalue weighted by Gasteiger charge is 2.54. The molecule has 0 heterocycles. The molecule has 3 atom stereocenters. The lowest BCUT2D eigenvalue weighted by Crippen LogP contribution is -2.52. The predicted octanol–water partition coefficient (Wildman–Crippen LogP) is 3.92. The molecule has 0 radical (unpaired) electrons. The van der Waals surface area contributed by atoms with Gasteiger partial charge in [-0.05, 0) is 54.9 Å². The van der Waals surface area contributed by atoms with E-state index in [1.54, 1.807) is 0 Å². The fourth-order valence-corrected chi connectivity index (χ4v) is 4.38. The maximum absolute atomic E-state index is 10.4. The molecule has 0 unspecified atom stereocenters. The van der Waals surface area contributed by atoms with Gasteiger partial charge in [0.05, 0.1) is 5.60 Å². The lowest BCUT2D eigenvalue weighted by atomic mass is 9.48. The van der Waals surface area contributed by atoms with Gasteiger partial charge in [0.1, 0.15) is 0 Å². The molecule has 1 nitrogen and oxygen atoms in total. The van der Waals surface area contributed by atoms with E-state index >= 15 is 0 Å². The number of rotatable bonds is 0. The topological polar surface area (TPSA) is 20.2 Å². The van der Waals surface area contributed by atoms with Gasteiger partial charge in [-0.15, -0.1) is 0 Å². The van der Waals surface area contributed by atoms with Crippen LogP contribution < -0.4 is 0 Å². The first-order chi connectivity index (χ1) is 7.20. The van der Waals surface area contributed by atoms with E-state index in [0.29, 0.717) is 11.3 Å². The van der Waals surface area contributed by atoms with Crippen molar-refractivity contribution in [3.05, 3.63) is 12.2 Å². The van der Waals surface area contributed by atoms with Gasteiger partial charge in [0.2, 0.25) is 0 Å². The molecule has 2 rings (SSSR count). The van der Waals surface area contributed by atoms with E-state index in [1.807, 2.05) is 6.92 Å². The minimum Gasteiger partial charge on any atom is -0.386 e. The molecule has 0 spiro atoms. The van der Waals surface area contributed by atoms with Crippen molar-refractivity contribution in [2.75, 3.05) is 0 Å². The van der Waals surface area contributed by atoms with E-state index in [1.165, 1.54) is 19.3 Å². The van der Waals surface area contributed by atoms with Crippen LogP contribution in [0, 0.1) is 16.7 Å². The van der Waals surface area contributed by atoms with Gasteiger partial charge in [-0.25, -0.2) is 0 Å². The summed E-state index contributed by atoms with van der Waals surface area (Å²) in [6.45, 7) is 13.3. The Morgan fingerprint density at radius 1 is 1.12 bits per heavy atom. The third-order valence-electron chi connectivity index (χ3n) is 5.49. The second-order valence-corrected chi connectivity index (χ2v) is 7.10. The zero-order valence-corrected chi connectivity index (χ0v) is 11.3. The fourth-order valence-electron chi connectivity index (χ4n) is 4.38. The summed E-state index contributed by atoms with van der Waals surface area (Å²) in [4.78, 5) is 0. The molecular weight excluding hydrogens is 196 g/mol. The summed E-state index contributed by atoms with van der Waals surface area (Å²) >= 11 is 0. The molecule has 0 aromatic carbocycles. The Hall–Kier alpha value is -0.300. The average molecular weight is 222 g/mol. The average Bonchev–Trinajstić information content (AvgIpc) is 2.12. The minimum atomic E-state index is -0.640. The maximum Gasteiger partial charge on any atom is 0.0831 e. The van der Waals surface area contributed by atoms with Gasteiger partial charge in [0, 0.05) is 0 Å². The van der Waals surface area contributed by atoms with Crippen LogP contribution in [0.25, 0.3) is 0 Å². The standard InChI is InChI=1S/C15H26O/c1-11-14(4)9-6-8-13(2,3)12(14)7-10-15(11,5)16/h12,16H,1,6-10H2,2-5H3/t12-,14+,15-/m0/s1. The fraction of sp³-hybridized carbons (Fsp3) is 0.867. The van der Waals surface area contributed by atoms with Crippen LogP contribution >= 0.6 is 0 Å². The van der Waals surface area contributed by atoms with E-state index in [4.69, 9.17) is 0 Å². The lowest BCUT2D eigenvalue weighted by Gasteiger charge is -2.58. The molecule has 0 amide bonds. The van der Waals surface area contributed by atoms with Gasteiger partial charge in [0.25, 0.3) is 0 Å². The van der Waals surface area contributed by atoms with Crippen molar-refractivity contribution in [2.24, 2.45) is 16.7 Å². The highest BCUT2D eigenvalue weighted by atomic mass is 16.3. The molecule has 0 bridgehead atoms. The van der Waals surface area contributed by atoms with Crippen molar-refractivity contribution in [2.45, 2.75) is 65.4 Å². The first-order valence-corrected chi connectivity index (χ1v) is 6.62. The second-order valence-electron chi connectivity index (χ2n) is 7.10. The maximum atomic E-state index is 10.4. The highest BCUT2D eigenvalue weighted by molar-refractivity contribution is 5.26. The Morgan fingerprint density at radius 3 is 2.38 bits per heavy atom. The largest absolute Gasteiger partial charge is 0.386 e. The molecule has 2 aliphatic carbocycles. The molecule has 1 heteroatoms. The van der Waals surface area contributed by atoms with Gasteiger partial charge in [0.15, 0.2) is 0 Å². The molecule has 2 fully saturated rings. The van der Waals surface area contributed by atoms with E-state index < -0.39 is 5.60 Å². The van der Waals surface area contributed by atoms with Gasteiger partial charge in [-0.3, -0.25) is 0 Å². The number of hydrogen-bond acceptors (Lipinski definition) is 1. The number of hydrogen-bond donors (Lipinski definition) is 1. The summed E-state index contributed by atoms with van der Waals surface area (Å²) in [5.74, 6) is 0.696. The van der Waals surface area contributed by atoms with Gasteiger partial charge >= 0.3 is 0 Å². The quantitative estimate of drug-likeness (QED) is 0.616. The van der Waals surface area contributed by atoms with E-state index in [0.717, 1.165) is 18.4 Å². The number of fused-ring (bicyclic) bond motifs is 1. The smallest absolute Gasteiger partial charge is 0.0831 e. The van der Waals surface area contributed by atoms with Crippen molar-refractivity contribution in [1.29, 1.82) is 0 Å². The molecular formula is C15H26O. The van der Waals surface area contributed by atoms with Gasteiger partial charge in [-0.2, -0.15) is 0 Å². The molecule has 16 heavy (non-hydrogen) atoms. The molecule has 1 N–H and O–H groups in total. The Balaban J connectivity index is 2.38. The summed E-state index contributed by atoms with van der Waals surface area (Å²) in [6, 6.07) is 0. The van der Waals surface area contributed by atoms with Crippen LogP contribution in [0.4, 0.5) is 0 Å². The normalized spacial score (nSPS) is 47.6. The third-order valence-corrected chi connectivity index (χ3v) is 5.49. The zero-order chi connectivity index (χ0) is 12.2. The van der Waals surface area contributed by atoms with E-state index in [2.05, 4.69) is 27.4 Å². The van der Waals surface area contributed by atoms with Crippen molar-refractivity contribution >= 4 is 0 Å². The Kier molecular flexibility index (Phi) is 2.55. The zero-order valence-electron chi connectivity index (χ0n) is 11.3. The van der Waals surface area contributed by atoms with Crippen molar-refractivity contribution in [3.8, 4) is 0 Å². The van der Waals surface area contributed by atoms with Crippen molar-refractivity contribution in [3.63, 3.8) is 0 Å².